The molecule has 0 aliphatic carbocycles. The summed E-state index contributed by atoms with van der Waals surface area (Å²) in [7, 11) is 0. The third-order valence-electron chi connectivity index (χ3n) is 3.76. The van der Waals surface area contributed by atoms with Crippen LogP contribution in [0.25, 0.3) is 0 Å². The molecule has 1 unspecified atom stereocenters. The predicted molar refractivity (Wildman–Crippen MR) is 92.2 cm³/mol. The fraction of sp³-hybridized carbons (Fsp3) is 0.625. The zero-order chi connectivity index (χ0) is 14.4. The summed E-state index contributed by atoms with van der Waals surface area (Å²) in [4.78, 5) is 2.51. The van der Waals surface area contributed by atoms with Gasteiger partial charge in [0.15, 0.2) is 0 Å². The molecule has 0 radical (unpaired) electrons. The van der Waals surface area contributed by atoms with Crippen molar-refractivity contribution in [2.75, 3.05) is 30.3 Å². The van der Waals surface area contributed by atoms with Gasteiger partial charge in [-0.15, -0.1) is 0 Å². The minimum absolute atomic E-state index is 0.749. The Labute approximate surface area is 132 Å². The molecule has 1 aliphatic heterocycles. The summed E-state index contributed by atoms with van der Waals surface area (Å²) < 4.78 is 0. The van der Waals surface area contributed by atoms with Crippen LogP contribution >= 0.6 is 23.4 Å². The zero-order valence-electron chi connectivity index (χ0n) is 12.5. The van der Waals surface area contributed by atoms with Crippen molar-refractivity contribution in [2.24, 2.45) is 0 Å². The van der Waals surface area contributed by atoms with E-state index >= 15 is 0 Å². The first-order valence-electron chi connectivity index (χ1n) is 7.60. The summed E-state index contributed by atoms with van der Waals surface area (Å²) in [5.41, 5.74) is 2.57. The summed E-state index contributed by atoms with van der Waals surface area (Å²) >= 11 is 8.53. The van der Waals surface area contributed by atoms with Crippen molar-refractivity contribution in [3.05, 3.63) is 28.8 Å². The van der Waals surface area contributed by atoms with Gasteiger partial charge in [-0.05, 0) is 31.5 Å². The van der Waals surface area contributed by atoms with E-state index in [1.54, 1.807) is 0 Å². The molecule has 20 heavy (non-hydrogen) atoms. The number of thioether (sulfide) groups is 1. The summed E-state index contributed by atoms with van der Waals surface area (Å²) in [5.74, 6) is 1.22. The lowest BCUT2D eigenvalue weighted by molar-refractivity contribution is 0.668. The van der Waals surface area contributed by atoms with Crippen LogP contribution in [0.15, 0.2) is 18.2 Å². The van der Waals surface area contributed by atoms with Crippen molar-refractivity contribution in [3.63, 3.8) is 0 Å². The van der Waals surface area contributed by atoms with E-state index < -0.39 is 0 Å². The molecule has 0 amide bonds. The largest absolute Gasteiger partial charge is 0.369 e. The highest BCUT2D eigenvalue weighted by atomic mass is 35.5. The highest BCUT2D eigenvalue weighted by Crippen LogP contribution is 2.31. The molecule has 4 heteroatoms. The number of hydrogen-bond donors (Lipinski definition) is 1. The Morgan fingerprint density at radius 1 is 1.40 bits per heavy atom. The van der Waals surface area contributed by atoms with E-state index in [0.717, 1.165) is 42.9 Å². The molecule has 2 rings (SSSR count). The van der Waals surface area contributed by atoms with Gasteiger partial charge in [0.05, 0.1) is 0 Å². The molecule has 112 valence electrons. The molecular weight excluding hydrogens is 288 g/mol. The highest BCUT2D eigenvalue weighted by molar-refractivity contribution is 8.00. The van der Waals surface area contributed by atoms with Gasteiger partial charge in [0.25, 0.3) is 0 Å². The van der Waals surface area contributed by atoms with Crippen LogP contribution in [0.1, 0.15) is 32.3 Å². The first-order chi connectivity index (χ1) is 9.76. The highest BCUT2D eigenvalue weighted by Gasteiger charge is 2.21. The summed E-state index contributed by atoms with van der Waals surface area (Å²) in [6.45, 7) is 8.64. The van der Waals surface area contributed by atoms with Gasteiger partial charge in [-0.1, -0.05) is 31.5 Å². The van der Waals surface area contributed by atoms with Crippen LogP contribution in [0.2, 0.25) is 5.02 Å². The molecular formula is C16H25ClN2S. The topological polar surface area (TPSA) is 15.3 Å². The van der Waals surface area contributed by atoms with Gasteiger partial charge >= 0.3 is 0 Å². The lowest BCUT2D eigenvalue weighted by Gasteiger charge is -2.35. The minimum atomic E-state index is 0.749. The summed E-state index contributed by atoms with van der Waals surface area (Å²) in [6, 6.07) is 6.30. The van der Waals surface area contributed by atoms with Gasteiger partial charge in [0, 0.05) is 46.9 Å². The van der Waals surface area contributed by atoms with Gasteiger partial charge in [-0.3, -0.25) is 0 Å². The summed E-state index contributed by atoms with van der Waals surface area (Å²) in [5, 5.41) is 5.12. The van der Waals surface area contributed by atoms with E-state index in [4.69, 9.17) is 11.6 Å². The van der Waals surface area contributed by atoms with Crippen LogP contribution < -0.4 is 10.2 Å². The minimum Gasteiger partial charge on any atom is -0.369 e. The van der Waals surface area contributed by atoms with Crippen molar-refractivity contribution in [3.8, 4) is 0 Å². The van der Waals surface area contributed by atoms with Crippen LogP contribution in [0, 0.1) is 0 Å². The van der Waals surface area contributed by atoms with Crippen LogP contribution in [0.4, 0.5) is 5.69 Å². The normalized spacial score (nSPS) is 19.4. The van der Waals surface area contributed by atoms with Crippen LogP contribution in [0.5, 0.6) is 0 Å². The quantitative estimate of drug-likeness (QED) is 0.794. The molecule has 1 aromatic rings. The first-order valence-corrected chi connectivity index (χ1v) is 9.03. The average Bonchev–Trinajstić information content (AvgIpc) is 2.49. The second-order valence-electron chi connectivity index (χ2n) is 5.26. The molecule has 0 saturated carbocycles. The second-order valence-corrected chi connectivity index (χ2v) is 7.08. The van der Waals surface area contributed by atoms with E-state index in [0.29, 0.717) is 0 Å². The smallest absolute Gasteiger partial charge is 0.0471 e. The number of halogens is 1. The Morgan fingerprint density at radius 2 is 2.25 bits per heavy atom. The van der Waals surface area contributed by atoms with Crippen molar-refractivity contribution in [2.45, 2.75) is 38.5 Å². The maximum atomic E-state index is 6.43. The second kappa shape index (κ2) is 8.16. The monoisotopic (exact) mass is 312 g/mol. The Hall–Kier alpha value is -0.380. The van der Waals surface area contributed by atoms with Gasteiger partial charge in [0.2, 0.25) is 0 Å². The number of nitrogens with one attached hydrogen (secondary N) is 1. The molecule has 1 saturated heterocycles. The first kappa shape index (κ1) is 16.0. The van der Waals surface area contributed by atoms with E-state index in [-0.39, 0.29) is 0 Å². The van der Waals surface area contributed by atoms with Crippen molar-refractivity contribution >= 4 is 29.1 Å². The predicted octanol–water partition coefficient (Wildman–Crippen LogP) is 4.17. The number of hydrogen-bond acceptors (Lipinski definition) is 3. The molecule has 1 N–H and O–H groups in total. The zero-order valence-corrected chi connectivity index (χ0v) is 14.1. The maximum Gasteiger partial charge on any atom is 0.0471 e. The van der Waals surface area contributed by atoms with E-state index in [9.17, 15) is 0 Å². The molecule has 2 nitrogen and oxygen atoms in total. The maximum absolute atomic E-state index is 6.43. The Morgan fingerprint density at radius 3 is 3.00 bits per heavy atom. The summed E-state index contributed by atoms with van der Waals surface area (Å²) in [6.07, 6.45) is 2.39. The molecule has 1 fully saturated rings. The third kappa shape index (κ3) is 4.06. The molecule has 1 aliphatic rings. The van der Waals surface area contributed by atoms with Crippen LogP contribution in [-0.4, -0.2) is 30.6 Å². The molecule has 0 bridgehead atoms. The SMILES string of the molecule is CCCNCc1c(Cl)cccc1N1CCSC(CC)C1. The average molecular weight is 313 g/mol. The third-order valence-corrected chi connectivity index (χ3v) is 5.48. The van der Waals surface area contributed by atoms with Crippen molar-refractivity contribution in [1.82, 2.24) is 5.32 Å². The van der Waals surface area contributed by atoms with Crippen LogP contribution in [0.3, 0.4) is 0 Å². The fourth-order valence-corrected chi connectivity index (χ4v) is 4.01. The van der Waals surface area contributed by atoms with E-state index in [2.05, 4.69) is 48.0 Å². The number of rotatable bonds is 6. The molecule has 1 atom stereocenters. The Kier molecular flexibility index (Phi) is 6.53. The Bertz CT molecular complexity index is 425. The van der Waals surface area contributed by atoms with Gasteiger partial charge in [0.1, 0.15) is 0 Å². The van der Waals surface area contributed by atoms with Crippen LogP contribution in [-0.2, 0) is 6.54 Å². The van der Waals surface area contributed by atoms with E-state index in [1.165, 1.54) is 23.4 Å². The van der Waals surface area contributed by atoms with E-state index in [1.807, 2.05) is 6.07 Å². The molecule has 0 spiro atoms. The fourth-order valence-electron chi connectivity index (χ4n) is 2.59. The molecule has 1 aromatic carbocycles. The van der Waals surface area contributed by atoms with Crippen molar-refractivity contribution < 1.29 is 0 Å². The number of anilines is 1. The van der Waals surface area contributed by atoms with Gasteiger partial charge < -0.3 is 10.2 Å². The number of nitrogens with zero attached hydrogens (tertiary/aromatic N) is 1. The standard InChI is InChI=1S/C16H25ClN2S/c1-3-8-18-11-14-15(17)6-5-7-16(14)19-9-10-20-13(4-2)12-19/h5-7,13,18H,3-4,8-12H2,1-2H3. The lowest BCUT2D eigenvalue weighted by atomic mass is 10.1. The Balaban J connectivity index is 2.15. The molecule has 0 aromatic heterocycles. The molecule has 1 heterocycles. The number of benzene rings is 1. The van der Waals surface area contributed by atoms with Gasteiger partial charge in [-0.2, -0.15) is 11.8 Å². The van der Waals surface area contributed by atoms with Crippen molar-refractivity contribution in [1.29, 1.82) is 0 Å². The lowest BCUT2D eigenvalue weighted by Crippen LogP contribution is -2.38. The van der Waals surface area contributed by atoms with Gasteiger partial charge in [-0.25, -0.2) is 0 Å².